The van der Waals surface area contributed by atoms with Crippen LogP contribution in [-0.4, -0.2) is 29.6 Å². The minimum absolute atomic E-state index is 0.676. The number of benzene rings is 1. The van der Waals surface area contributed by atoms with Crippen molar-refractivity contribution < 1.29 is 0 Å². The second-order valence-corrected chi connectivity index (χ2v) is 6.71. The molecule has 2 heterocycles. The molecule has 1 aliphatic heterocycles. The fourth-order valence-corrected chi connectivity index (χ4v) is 3.48. The van der Waals surface area contributed by atoms with Crippen LogP contribution in [0.15, 0.2) is 30.6 Å². The first-order valence-corrected chi connectivity index (χ1v) is 8.79. The molecule has 5 nitrogen and oxygen atoms in total. The number of nitrogen functional groups attached to an aromatic ring is 1. The Balaban J connectivity index is 1.97. The molecule has 128 valence electrons. The second-order valence-electron chi connectivity index (χ2n) is 6.71. The van der Waals surface area contributed by atoms with Crippen LogP contribution in [0.25, 0.3) is 0 Å². The van der Waals surface area contributed by atoms with E-state index in [0.29, 0.717) is 11.6 Å². The molecule has 0 aliphatic carbocycles. The maximum atomic E-state index is 6.50. The lowest BCUT2D eigenvalue weighted by atomic mass is 10.0. The van der Waals surface area contributed by atoms with E-state index in [9.17, 15) is 0 Å². The van der Waals surface area contributed by atoms with Gasteiger partial charge in [-0.1, -0.05) is 19.1 Å². The SMILES string of the molecule is CCN(c1cccc(C)c1)c1ncnc(N2CCCC(C)C2)c1N. The highest BCUT2D eigenvalue weighted by molar-refractivity contribution is 5.79. The number of aromatic nitrogens is 2. The molecule has 5 heteroatoms. The largest absolute Gasteiger partial charge is 0.393 e. The first-order chi connectivity index (χ1) is 11.6. The zero-order chi connectivity index (χ0) is 17.1. The summed E-state index contributed by atoms with van der Waals surface area (Å²) in [6, 6.07) is 8.42. The molecule has 0 radical (unpaired) electrons. The van der Waals surface area contributed by atoms with Crippen LogP contribution >= 0.6 is 0 Å². The van der Waals surface area contributed by atoms with E-state index >= 15 is 0 Å². The summed E-state index contributed by atoms with van der Waals surface area (Å²) in [4.78, 5) is 13.4. The summed E-state index contributed by atoms with van der Waals surface area (Å²) in [5, 5.41) is 0. The molecule has 1 aromatic carbocycles. The summed E-state index contributed by atoms with van der Waals surface area (Å²) < 4.78 is 0. The third kappa shape index (κ3) is 3.30. The van der Waals surface area contributed by atoms with Crippen molar-refractivity contribution in [3.63, 3.8) is 0 Å². The van der Waals surface area contributed by atoms with Crippen molar-refractivity contribution >= 4 is 23.0 Å². The number of nitrogens with two attached hydrogens (primary N) is 1. The normalized spacial score (nSPS) is 17.8. The Labute approximate surface area is 144 Å². The van der Waals surface area contributed by atoms with E-state index in [0.717, 1.165) is 37.0 Å². The molecule has 1 aliphatic rings. The fourth-order valence-electron chi connectivity index (χ4n) is 3.48. The lowest BCUT2D eigenvalue weighted by molar-refractivity contribution is 0.445. The van der Waals surface area contributed by atoms with Crippen molar-refractivity contribution in [2.75, 3.05) is 35.2 Å². The van der Waals surface area contributed by atoms with Gasteiger partial charge in [0.05, 0.1) is 0 Å². The van der Waals surface area contributed by atoms with Crippen molar-refractivity contribution in [2.24, 2.45) is 5.92 Å². The molecular formula is C19H27N5. The van der Waals surface area contributed by atoms with Crippen LogP contribution in [0.3, 0.4) is 0 Å². The van der Waals surface area contributed by atoms with Crippen molar-refractivity contribution in [2.45, 2.75) is 33.6 Å². The smallest absolute Gasteiger partial charge is 0.161 e. The summed E-state index contributed by atoms with van der Waals surface area (Å²) in [6.07, 6.45) is 4.10. The van der Waals surface area contributed by atoms with Gasteiger partial charge in [-0.2, -0.15) is 0 Å². The average molecular weight is 325 g/mol. The maximum Gasteiger partial charge on any atom is 0.161 e. The van der Waals surface area contributed by atoms with E-state index in [2.05, 4.69) is 64.8 Å². The summed E-state index contributed by atoms with van der Waals surface area (Å²) >= 11 is 0. The van der Waals surface area contributed by atoms with E-state index in [1.165, 1.54) is 18.4 Å². The average Bonchev–Trinajstić information content (AvgIpc) is 2.57. The lowest BCUT2D eigenvalue weighted by Gasteiger charge is -2.33. The van der Waals surface area contributed by atoms with Gasteiger partial charge in [0, 0.05) is 25.3 Å². The first-order valence-electron chi connectivity index (χ1n) is 8.79. The van der Waals surface area contributed by atoms with Crippen molar-refractivity contribution in [3.8, 4) is 0 Å². The van der Waals surface area contributed by atoms with Gasteiger partial charge in [-0.05, 0) is 50.3 Å². The standard InChI is InChI=1S/C19H27N5/c1-4-24(16-9-5-7-14(2)11-16)19-17(20)18(21-13-22-19)23-10-6-8-15(3)12-23/h5,7,9,11,13,15H,4,6,8,10,12,20H2,1-3H3. The molecule has 1 fully saturated rings. The van der Waals surface area contributed by atoms with Gasteiger partial charge in [-0.15, -0.1) is 0 Å². The number of hydrogen-bond donors (Lipinski definition) is 1. The van der Waals surface area contributed by atoms with Gasteiger partial charge in [-0.25, -0.2) is 9.97 Å². The molecule has 2 aromatic rings. The number of anilines is 4. The van der Waals surface area contributed by atoms with Crippen molar-refractivity contribution in [3.05, 3.63) is 36.2 Å². The van der Waals surface area contributed by atoms with Crippen LogP contribution in [0.5, 0.6) is 0 Å². The van der Waals surface area contributed by atoms with E-state index in [1.807, 2.05) is 0 Å². The highest BCUT2D eigenvalue weighted by Crippen LogP contribution is 2.34. The zero-order valence-corrected chi connectivity index (χ0v) is 14.9. The maximum absolute atomic E-state index is 6.50. The minimum atomic E-state index is 0.676. The monoisotopic (exact) mass is 325 g/mol. The van der Waals surface area contributed by atoms with Gasteiger partial charge in [-0.3, -0.25) is 0 Å². The number of piperidine rings is 1. The van der Waals surface area contributed by atoms with Gasteiger partial charge >= 0.3 is 0 Å². The summed E-state index contributed by atoms with van der Waals surface area (Å²) in [5.74, 6) is 2.35. The number of aryl methyl sites for hydroxylation is 1. The molecule has 0 amide bonds. The second kappa shape index (κ2) is 7.07. The van der Waals surface area contributed by atoms with Crippen LogP contribution in [-0.2, 0) is 0 Å². The summed E-state index contributed by atoms with van der Waals surface area (Å²) in [6.45, 7) is 9.34. The quantitative estimate of drug-likeness (QED) is 0.927. The van der Waals surface area contributed by atoms with Gasteiger partial charge in [0.1, 0.15) is 12.0 Å². The van der Waals surface area contributed by atoms with Crippen molar-refractivity contribution in [1.29, 1.82) is 0 Å². The minimum Gasteiger partial charge on any atom is -0.393 e. The summed E-state index contributed by atoms with van der Waals surface area (Å²) in [7, 11) is 0. The van der Waals surface area contributed by atoms with Crippen LogP contribution in [0.4, 0.5) is 23.0 Å². The highest BCUT2D eigenvalue weighted by atomic mass is 15.3. The molecule has 1 aromatic heterocycles. The molecule has 0 saturated carbocycles. The van der Waals surface area contributed by atoms with Crippen LogP contribution in [0.2, 0.25) is 0 Å². The Morgan fingerprint density at radius 1 is 1.33 bits per heavy atom. The van der Waals surface area contributed by atoms with Crippen LogP contribution in [0.1, 0.15) is 32.3 Å². The van der Waals surface area contributed by atoms with Gasteiger partial charge in [0.2, 0.25) is 0 Å². The molecule has 1 saturated heterocycles. The molecule has 0 spiro atoms. The lowest BCUT2D eigenvalue weighted by Crippen LogP contribution is -2.35. The zero-order valence-electron chi connectivity index (χ0n) is 14.9. The third-order valence-corrected chi connectivity index (χ3v) is 4.68. The number of rotatable bonds is 4. The third-order valence-electron chi connectivity index (χ3n) is 4.68. The van der Waals surface area contributed by atoms with Gasteiger partial charge in [0.15, 0.2) is 11.6 Å². The molecule has 24 heavy (non-hydrogen) atoms. The molecular weight excluding hydrogens is 298 g/mol. The Morgan fingerprint density at radius 3 is 2.88 bits per heavy atom. The number of nitrogens with zero attached hydrogens (tertiary/aromatic N) is 4. The van der Waals surface area contributed by atoms with E-state index in [4.69, 9.17) is 5.73 Å². The molecule has 1 atom stereocenters. The topological polar surface area (TPSA) is 58.3 Å². The fraction of sp³-hybridized carbons (Fsp3) is 0.474. The molecule has 0 bridgehead atoms. The van der Waals surface area contributed by atoms with Crippen LogP contribution < -0.4 is 15.5 Å². The summed E-state index contributed by atoms with van der Waals surface area (Å²) in [5.41, 5.74) is 9.52. The first kappa shape index (κ1) is 16.6. The Bertz CT molecular complexity index is 700. The van der Waals surface area contributed by atoms with E-state index in [1.54, 1.807) is 6.33 Å². The Hall–Kier alpha value is -2.30. The molecule has 2 N–H and O–H groups in total. The van der Waals surface area contributed by atoms with E-state index < -0.39 is 0 Å². The molecule has 1 unspecified atom stereocenters. The predicted octanol–water partition coefficient (Wildman–Crippen LogP) is 3.76. The van der Waals surface area contributed by atoms with Crippen LogP contribution in [0, 0.1) is 12.8 Å². The Morgan fingerprint density at radius 2 is 2.17 bits per heavy atom. The van der Waals surface area contributed by atoms with Gasteiger partial charge < -0.3 is 15.5 Å². The Kier molecular flexibility index (Phi) is 4.88. The highest BCUT2D eigenvalue weighted by Gasteiger charge is 2.23. The van der Waals surface area contributed by atoms with Crippen molar-refractivity contribution in [1.82, 2.24) is 9.97 Å². The number of hydrogen-bond acceptors (Lipinski definition) is 5. The van der Waals surface area contributed by atoms with E-state index in [-0.39, 0.29) is 0 Å². The molecule has 3 rings (SSSR count). The predicted molar refractivity (Wildman–Crippen MR) is 101 cm³/mol. The van der Waals surface area contributed by atoms with Gasteiger partial charge in [0.25, 0.3) is 0 Å².